The number of carbonyl (C=O) groups excluding carboxylic acids is 2. The van der Waals surface area contributed by atoms with Gasteiger partial charge < -0.3 is 74.4 Å². The molecule has 3 heterocycles. The van der Waals surface area contributed by atoms with Crippen LogP contribution < -0.4 is 9.47 Å². The van der Waals surface area contributed by atoms with Crippen LogP contribution in [0, 0.1) is 11.8 Å². The van der Waals surface area contributed by atoms with Gasteiger partial charge in [0.1, 0.15) is 12.2 Å². The number of rotatable bonds is 7. The van der Waals surface area contributed by atoms with Crippen LogP contribution in [0.25, 0.3) is 17.7 Å². The third-order valence-corrected chi connectivity index (χ3v) is 10.5. The van der Waals surface area contributed by atoms with E-state index in [1.807, 2.05) is 0 Å². The van der Waals surface area contributed by atoms with Crippen LogP contribution in [0.15, 0.2) is 48.5 Å². The normalized spacial score (nSPS) is 28.9. The largest absolute Gasteiger partial charge is 0.504 e. The first kappa shape index (κ1) is 42.4. The zero-order valence-corrected chi connectivity index (χ0v) is 31.5. The molecule has 3 aliphatic heterocycles. The number of phenolic OH excluding ortho intramolecular Hbond substituents is 5. The summed E-state index contributed by atoms with van der Waals surface area (Å²) in [5, 5.41) is 95.6. The lowest BCUT2D eigenvalue weighted by Crippen LogP contribution is -2.57. The van der Waals surface area contributed by atoms with E-state index < -0.39 is 91.0 Å². The first-order valence-corrected chi connectivity index (χ1v) is 18.4. The molecule has 2 bridgehead atoms. The zero-order chi connectivity index (χ0) is 41.8. The number of hydrogen-bond acceptors (Lipinski definition) is 17. The fourth-order valence-corrected chi connectivity index (χ4v) is 7.27. The summed E-state index contributed by atoms with van der Waals surface area (Å²) in [7, 11) is 2.65. The summed E-state index contributed by atoms with van der Waals surface area (Å²) < 4.78 is 34.5. The zero-order valence-electron chi connectivity index (χ0n) is 31.5. The quantitative estimate of drug-likeness (QED) is 0.121. The second-order valence-corrected chi connectivity index (χ2v) is 14.3. The molecule has 0 saturated carbocycles. The van der Waals surface area contributed by atoms with Crippen LogP contribution in [0.2, 0.25) is 0 Å². The number of aliphatic hydroxyl groups excluding tert-OH is 4. The number of benzene rings is 3. The summed E-state index contributed by atoms with van der Waals surface area (Å²) in [6.07, 6.45) is -7.02. The van der Waals surface area contributed by atoms with Crippen molar-refractivity contribution < 1.29 is 84.0 Å². The minimum atomic E-state index is -1.66. The Bertz CT molecular complexity index is 2020. The number of hydrogen-bond donors (Lipinski definition) is 9. The lowest BCUT2D eigenvalue weighted by molar-refractivity contribution is -0.308. The van der Waals surface area contributed by atoms with Crippen LogP contribution in [0.4, 0.5) is 0 Å². The Morgan fingerprint density at radius 2 is 1.45 bits per heavy atom. The van der Waals surface area contributed by atoms with Gasteiger partial charge in [-0.2, -0.15) is 0 Å². The van der Waals surface area contributed by atoms with Crippen molar-refractivity contribution in [2.45, 2.75) is 62.4 Å². The molecule has 9 atom stereocenters. The van der Waals surface area contributed by atoms with E-state index in [1.54, 1.807) is 0 Å². The summed E-state index contributed by atoms with van der Waals surface area (Å²) in [5.41, 5.74) is 1.09. The van der Waals surface area contributed by atoms with Crippen LogP contribution in [0.5, 0.6) is 40.2 Å². The molecule has 312 valence electrons. The molecule has 6 rings (SSSR count). The lowest BCUT2D eigenvalue weighted by Gasteiger charge is -2.43. The van der Waals surface area contributed by atoms with Crippen molar-refractivity contribution in [1.29, 1.82) is 0 Å². The minimum Gasteiger partial charge on any atom is -0.504 e. The van der Waals surface area contributed by atoms with Gasteiger partial charge in [0, 0.05) is 30.3 Å². The molecule has 2 fully saturated rings. The number of allylic oxidation sites excluding steroid dienone is 2. The number of ketones is 2. The van der Waals surface area contributed by atoms with Gasteiger partial charge in [-0.05, 0) is 77.2 Å². The maximum atomic E-state index is 14.5. The number of aliphatic hydroxyl groups is 4. The number of fused-ring (bicyclic) bond motifs is 4. The van der Waals surface area contributed by atoms with Gasteiger partial charge in [-0.3, -0.25) is 9.59 Å². The van der Waals surface area contributed by atoms with Crippen LogP contribution in [-0.4, -0.2) is 135 Å². The first-order valence-electron chi connectivity index (χ1n) is 18.4. The highest BCUT2D eigenvalue weighted by atomic mass is 16.7. The van der Waals surface area contributed by atoms with Gasteiger partial charge in [-0.15, -0.1) is 0 Å². The van der Waals surface area contributed by atoms with E-state index in [9.17, 15) is 55.5 Å². The highest BCUT2D eigenvalue weighted by Gasteiger charge is 2.47. The van der Waals surface area contributed by atoms with E-state index in [0.717, 1.165) is 0 Å². The maximum Gasteiger partial charge on any atom is 0.200 e. The van der Waals surface area contributed by atoms with Crippen molar-refractivity contribution in [1.82, 2.24) is 0 Å². The molecule has 3 aromatic carbocycles. The number of aromatic hydroxyl groups is 5. The Morgan fingerprint density at radius 1 is 0.776 bits per heavy atom. The monoisotopic (exact) mass is 810 g/mol. The number of methoxy groups -OCH3 is 2. The molecule has 0 aromatic heterocycles. The molecular formula is C41H46O17. The van der Waals surface area contributed by atoms with E-state index in [1.165, 1.54) is 74.9 Å². The van der Waals surface area contributed by atoms with E-state index in [2.05, 4.69) is 0 Å². The molecule has 2 saturated heterocycles. The molecule has 17 heteroatoms. The van der Waals surface area contributed by atoms with Crippen LogP contribution in [0.1, 0.15) is 35.1 Å². The fourth-order valence-electron chi connectivity index (χ4n) is 7.27. The van der Waals surface area contributed by atoms with E-state index >= 15 is 0 Å². The third kappa shape index (κ3) is 9.22. The Morgan fingerprint density at radius 3 is 2.14 bits per heavy atom. The predicted molar refractivity (Wildman–Crippen MR) is 202 cm³/mol. The Balaban J connectivity index is 1.37. The van der Waals surface area contributed by atoms with E-state index in [-0.39, 0.29) is 71.5 Å². The second kappa shape index (κ2) is 18.1. The van der Waals surface area contributed by atoms with Crippen LogP contribution >= 0.6 is 0 Å². The predicted octanol–water partition coefficient (Wildman–Crippen LogP) is 1.75. The van der Waals surface area contributed by atoms with Gasteiger partial charge in [0.2, 0.25) is 5.75 Å². The highest BCUT2D eigenvalue weighted by molar-refractivity contribution is 6.26. The molecule has 0 radical (unpaired) electrons. The molecule has 0 amide bonds. The maximum absolute atomic E-state index is 14.5. The van der Waals surface area contributed by atoms with Gasteiger partial charge in [0.25, 0.3) is 0 Å². The lowest BCUT2D eigenvalue weighted by atomic mass is 9.84. The second-order valence-electron chi connectivity index (χ2n) is 14.3. The SMILES string of the molecule is COc1cc(/C=C2/C(=O)CC3C(OCC(O)C3O)OCC3OC(OCCc4cc(O)c(O)cc42)C(O)C(O)C3CC(=O)/C=C/c2ccc(O)c(O)c2)cc(OC)c1O. The van der Waals surface area contributed by atoms with Crippen molar-refractivity contribution in [3.05, 3.63) is 70.8 Å². The Labute approximate surface area is 332 Å². The highest BCUT2D eigenvalue weighted by Crippen LogP contribution is 2.41. The fraction of sp³-hybridized carbons (Fsp3) is 0.415. The standard InChI is InChI=1S/C41H46O17/c1-53-33-11-20(12-34(54-2)38(33)51)9-24-23-15-31(47)30(46)13-21(23)7-8-55-41-39(52)37(50)25(14-22(42)5-3-19-4-6-27(43)29(45)10-19)35(58-41)18-57-40-26(16-28(24)44)36(49)32(48)17-56-40/h3-6,9-13,15,25-26,32,35-37,39-41,43,45-52H,7-8,14,16-18H2,1-2H3/b5-3+,24-9+. The van der Waals surface area contributed by atoms with Gasteiger partial charge >= 0.3 is 0 Å². The average Bonchev–Trinajstić information content (AvgIpc) is 3.20. The van der Waals surface area contributed by atoms with E-state index in [4.69, 9.17) is 28.4 Å². The van der Waals surface area contributed by atoms with Gasteiger partial charge in [-0.25, -0.2) is 0 Å². The first-order chi connectivity index (χ1) is 27.7. The summed E-state index contributed by atoms with van der Waals surface area (Å²) in [6.45, 7) is -0.986. The molecule has 17 nitrogen and oxygen atoms in total. The molecule has 9 unspecified atom stereocenters. The van der Waals surface area contributed by atoms with Gasteiger partial charge in [0.15, 0.2) is 58.6 Å². The average molecular weight is 811 g/mol. The van der Waals surface area contributed by atoms with Crippen molar-refractivity contribution in [2.75, 3.05) is 34.0 Å². The number of ether oxygens (including phenoxy) is 6. The summed E-state index contributed by atoms with van der Waals surface area (Å²) in [6, 6.07) is 9.23. The Hall–Kier alpha value is -5.24. The Kier molecular flexibility index (Phi) is 13.2. The summed E-state index contributed by atoms with van der Waals surface area (Å²) in [4.78, 5) is 27.7. The van der Waals surface area contributed by atoms with Crippen LogP contribution in [0.3, 0.4) is 0 Å². The number of carbonyl (C=O) groups is 2. The van der Waals surface area contributed by atoms with Crippen molar-refractivity contribution in [2.24, 2.45) is 11.8 Å². The molecule has 3 aromatic rings. The van der Waals surface area contributed by atoms with Crippen LogP contribution in [-0.2, 0) is 35.0 Å². The van der Waals surface area contributed by atoms with Crippen molar-refractivity contribution >= 4 is 29.3 Å². The van der Waals surface area contributed by atoms with Gasteiger partial charge in [0.05, 0.1) is 52.4 Å². The molecule has 0 aliphatic carbocycles. The molecule has 58 heavy (non-hydrogen) atoms. The molecule has 3 aliphatic rings. The van der Waals surface area contributed by atoms with Gasteiger partial charge in [-0.1, -0.05) is 12.1 Å². The molecule has 9 N–H and O–H groups in total. The molecular weight excluding hydrogens is 764 g/mol. The number of Topliss-reactive ketones (excluding diaryl/α,β-unsaturated/α-hetero) is 1. The van der Waals surface area contributed by atoms with E-state index in [0.29, 0.717) is 11.1 Å². The summed E-state index contributed by atoms with van der Waals surface area (Å²) >= 11 is 0. The van der Waals surface area contributed by atoms with Crippen molar-refractivity contribution in [3.63, 3.8) is 0 Å². The molecule has 0 spiro atoms. The third-order valence-electron chi connectivity index (χ3n) is 10.5. The van der Waals surface area contributed by atoms with Crippen molar-refractivity contribution in [3.8, 4) is 40.2 Å². The topological polar surface area (TPSA) is 272 Å². The smallest absolute Gasteiger partial charge is 0.200 e. The minimum absolute atomic E-state index is 0.0196. The number of phenols is 5. The summed E-state index contributed by atoms with van der Waals surface area (Å²) in [5.74, 6) is -5.48.